The molecule has 102 valence electrons. The van der Waals surface area contributed by atoms with Crippen molar-refractivity contribution in [1.29, 1.82) is 0 Å². The van der Waals surface area contributed by atoms with Gasteiger partial charge in [-0.2, -0.15) is 5.10 Å². The number of hydrogen-bond donors (Lipinski definition) is 1. The van der Waals surface area contributed by atoms with E-state index in [1.165, 1.54) is 6.07 Å². The lowest BCUT2D eigenvalue weighted by Crippen LogP contribution is -2.21. The fourth-order valence-corrected chi connectivity index (χ4v) is 2.20. The van der Waals surface area contributed by atoms with Gasteiger partial charge in [-0.05, 0) is 31.7 Å². The van der Waals surface area contributed by atoms with Crippen LogP contribution in [0, 0.1) is 5.82 Å². The van der Waals surface area contributed by atoms with Crippen LogP contribution >= 0.6 is 11.6 Å². The number of rotatable bonds is 5. The third-order valence-electron chi connectivity index (χ3n) is 3.08. The average molecular weight is 283 g/mol. The molecule has 1 aromatic heterocycles. The molecule has 0 radical (unpaired) electrons. The van der Waals surface area contributed by atoms with E-state index >= 15 is 0 Å². The molecule has 0 spiro atoms. The van der Waals surface area contributed by atoms with Gasteiger partial charge in [0.2, 0.25) is 0 Å². The number of halogens is 2. The number of aryl methyl sites for hydroxylation is 1. The minimum Gasteiger partial charge on any atom is -0.313 e. The summed E-state index contributed by atoms with van der Waals surface area (Å²) < 4.78 is 15.0. The van der Waals surface area contributed by atoms with Gasteiger partial charge in [0.15, 0.2) is 0 Å². The zero-order valence-electron chi connectivity index (χ0n) is 10.9. The van der Waals surface area contributed by atoms with E-state index in [-0.39, 0.29) is 11.1 Å². The van der Waals surface area contributed by atoms with Gasteiger partial charge in [0.1, 0.15) is 18.0 Å². The second-order valence-corrected chi connectivity index (χ2v) is 4.62. The third-order valence-corrected chi connectivity index (χ3v) is 3.37. The van der Waals surface area contributed by atoms with E-state index in [1.54, 1.807) is 18.5 Å². The van der Waals surface area contributed by atoms with Gasteiger partial charge in [-0.15, -0.1) is 0 Å². The van der Waals surface area contributed by atoms with Crippen LogP contribution in [0.15, 0.2) is 24.5 Å². The Bertz CT molecular complexity index is 555. The summed E-state index contributed by atoms with van der Waals surface area (Å²) in [7, 11) is 1.86. The average Bonchev–Trinajstić information content (AvgIpc) is 2.86. The molecule has 0 bridgehead atoms. The minimum absolute atomic E-state index is 0.0209. The lowest BCUT2D eigenvalue weighted by molar-refractivity contribution is 0.532. The van der Waals surface area contributed by atoms with E-state index in [0.29, 0.717) is 6.42 Å². The van der Waals surface area contributed by atoms with Gasteiger partial charge in [-0.1, -0.05) is 17.7 Å². The first-order valence-corrected chi connectivity index (χ1v) is 6.52. The molecule has 6 heteroatoms. The van der Waals surface area contributed by atoms with Crippen molar-refractivity contribution in [2.45, 2.75) is 25.9 Å². The molecule has 0 saturated heterocycles. The highest BCUT2D eigenvalue weighted by Gasteiger charge is 2.15. The predicted molar refractivity (Wildman–Crippen MR) is 72.6 cm³/mol. The minimum atomic E-state index is -0.406. The summed E-state index contributed by atoms with van der Waals surface area (Å²) in [4.78, 5) is 4.25. The summed E-state index contributed by atoms with van der Waals surface area (Å²) in [6, 6.07) is 4.78. The monoisotopic (exact) mass is 282 g/mol. The van der Waals surface area contributed by atoms with E-state index in [4.69, 9.17) is 11.6 Å². The Morgan fingerprint density at radius 2 is 2.26 bits per heavy atom. The Morgan fingerprint density at radius 3 is 2.89 bits per heavy atom. The molecule has 0 aliphatic carbocycles. The van der Waals surface area contributed by atoms with Crippen molar-refractivity contribution in [2.75, 3.05) is 7.05 Å². The Hall–Kier alpha value is -1.46. The molecule has 0 aliphatic rings. The van der Waals surface area contributed by atoms with E-state index in [2.05, 4.69) is 15.4 Å². The summed E-state index contributed by atoms with van der Waals surface area (Å²) in [5.74, 6) is 0.485. The zero-order chi connectivity index (χ0) is 13.8. The number of nitrogens with one attached hydrogen (secondary N) is 1. The van der Waals surface area contributed by atoms with Crippen LogP contribution in [0.3, 0.4) is 0 Å². The van der Waals surface area contributed by atoms with E-state index < -0.39 is 5.82 Å². The van der Waals surface area contributed by atoms with Crippen LogP contribution in [0.4, 0.5) is 4.39 Å². The van der Waals surface area contributed by atoms with Gasteiger partial charge in [-0.25, -0.2) is 9.37 Å². The maximum atomic E-state index is 13.2. The molecule has 2 aromatic rings. The molecule has 0 fully saturated rings. The molecule has 1 aromatic carbocycles. The first-order valence-electron chi connectivity index (χ1n) is 6.14. The third kappa shape index (κ3) is 3.11. The number of aromatic nitrogens is 3. The summed E-state index contributed by atoms with van der Waals surface area (Å²) in [5.41, 5.74) is 0.930. The van der Waals surface area contributed by atoms with Crippen molar-refractivity contribution in [3.8, 4) is 0 Å². The van der Waals surface area contributed by atoms with Crippen LogP contribution in [0.5, 0.6) is 0 Å². The van der Waals surface area contributed by atoms with Crippen LogP contribution < -0.4 is 5.32 Å². The highest BCUT2D eigenvalue weighted by atomic mass is 35.5. The highest BCUT2D eigenvalue weighted by Crippen LogP contribution is 2.22. The lowest BCUT2D eigenvalue weighted by Gasteiger charge is -2.17. The first kappa shape index (κ1) is 14.0. The van der Waals surface area contributed by atoms with E-state index in [0.717, 1.165) is 17.9 Å². The Balaban J connectivity index is 2.22. The number of hydrogen-bond acceptors (Lipinski definition) is 3. The Kier molecular flexibility index (Phi) is 4.50. The number of likely N-dealkylation sites (N-methyl/N-ethyl adjacent to an activating group) is 1. The Labute approximate surface area is 116 Å². The molecule has 1 atom stereocenters. The van der Waals surface area contributed by atoms with Crippen molar-refractivity contribution < 1.29 is 4.39 Å². The largest absolute Gasteiger partial charge is 0.313 e. The standard InChI is InChI=1S/C13H16ClFN4/c1-3-19-13(17-8-18-19)7-12(16-2)9-4-5-11(15)10(14)6-9/h4-6,8,12,16H,3,7H2,1-2H3. The number of nitrogens with zero attached hydrogens (tertiary/aromatic N) is 3. The number of benzene rings is 1. The van der Waals surface area contributed by atoms with Gasteiger partial charge in [0.25, 0.3) is 0 Å². The molecular weight excluding hydrogens is 267 g/mol. The normalized spacial score (nSPS) is 12.6. The van der Waals surface area contributed by atoms with Gasteiger partial charge in [0, 0.05) is 19.0 Å². The van der Waals surface area contributed by atoms with Crippen LogP contribution in [0.25, 0.3) is 0 Å². The van der Waals surface area contributed by atoms with Crippen LogP contribution in [0.2, 0.25) is 5.02 Å². The topological polar surface area (TPSA) is 42.7 Å². The van der Waals surface area contributed by atoms with Crippen molar-refractivity contribution >= 4 is 11.6 Å². The van der Waals surface area contributed by atoms with E-state index in [1.807, 2.05) is 18.7 Å². The maximum Gasteiger partial charge on any atom is 0.141 e. The lowest BCUT2D eigenvalue weighted by atomic mass is 10.0. The molecule has 1 N–H and O–H groups in total. The van der Waals surface area contributed by atoms with Gasteiger partial charge < -0.3 is 5.32 Å². The smallest absolute Gasteiger partial charge is 0.141 e. The summed E-state index contributed by atoms with van der Waals surface area (Å²) in [5, 5.41) is 7.47. The molecular formula is C13H16ClFN4. The zero-order valence-corrected chi connectivity index (χ0v) is 11.7. The fraction of sp³-hybridized carbons (Fsp3) is 0.385. The van der Waals surface area contributed by atoms with E-state index in [9.17, 15) is 4.39 Å². The fourth-order valence-electron chi connectivity index (χ4n) is 2.01. The van der Waals surface area contributed by atoms with Crippen molar-refractivity contribution in [3.05, 3.63) is 46.8 Å². The molecule has 1 unspecified atom stereocenters. The second kappa shape index (κ2) is 6.12. The molecule has 0 aliphatic heterocycles. The predicted octanol–water partition coefficient (Wildman–Crippen LogP) is 2.59. The highest BCUT2D eigenvalue weighted by molar-refractivity contribution is 6.30. The SMILES string of the molecule is CCn1ncnc1CC(NC)c1ccc(F)c(Cl)c1. The molecule has 0 amide bonds. The maximum absolute atomic E-state index is 13.2. The summed E-state index contributed by atoms with van der Waals surface area (Å²) in [6.07, 6.45) is 2.22. The quantitative estimate of drug-likeness (QED) is 0.917. The van der Waals surface area contributed by atoms with Crippen molar-refractivity contribution in [1.82, 2.24) is 20.1 Å². The van der Waals surface area contributed by atoms with Crippen LogP contribution in [-0.4, -0.2) is 21.8 Å². The van der Waals surface area contributed by atoms with Crippen LogP contribution in [-0.2, 0) is 13.0 Å². The first-order chi connectivity index (χ1) is 9.15. The van der Waals surface area contributed by atoms with Crippen LogP contribution in [0.1, 0.15) is 24.4 Å². The van der Waals surface area contributed by atoms with Crippen molar-refractivity contribution in [2.24, 2.45) is 0 Å². The van der Waals surface area contributed by atoms with Crippen molar-refractivity contribution in [3.63, 3.8) is 0 Å². The summed E-state index contributed by atoms with van der Waals surface area (Å²) >= 11 is 5.82. The Morgan fingerprint density at radius 1 is 1.47 bits per heavy atom. The molecule has 2 rings (SSSR count). The molecule has 4 nitrogen and oxygen atoms in total. The second-order valence-electron chi connectivity index (χ2n) is 4.21. The van der Waals surface area contributed by atoms with Gasteiger partial charge in [-0.3, -0.25) is 4.68 Å². The molecule has 19 heavy (non-hydrogen) atoms. The summed E-state index contributed by atoms with van der Waals surface area (Å²) in [6.45, 7) is 2.79. The van der Waals surface area contributed by atoms with Gasteiger partial charge >= 0.3 is 0 Å². The van der Waals surface area contributed by atoms with Gasteiger partial charge in [0.05, 0.1) is 5.02 Å². The molecule has 0 saturated carbocycles. The molecule has 1 heterocycles.